The Labute approximate surface area is 130 Å². The predicted molar refractivity (Wildman–Crippen MR) is 84.1 cm³/mol. The zero-order valence-corrected chi connectivity index (χ0v) is 12.6. The molecule has 0 fully saturated rings. The summed E-state index contributed by atoms with van der Waals surface area (Å²) in [5, 5.41) is 18.9. The van der Waals surface area contributed by atoms with Crippen LogP contribution in [0.4, 0.5) is 0 Å². The minimum absolute atomic E-state index is 0.0901. The van der Waals surface area contributed by atoms with Gasteiger partial charge in [-0.3, -0.25) is 0 Å². The van der Waals surface area contributed by atoms with Gasteiger partial charge in [0.2, 0.25) is 0 Å². The van der Waals surface area contributed by atoms with Crippen LogP contribution in [0.1, 0.15) is 33.5 Å². The van der Waals surface area contributed by atoms with E-state index in [2.05, 4.69) is 4.74 Å². The van der Waals surface area contributed by atoms with Crippen molar-refractivity contribution in [1.82, 2.24) is 0 Å². The normalized spacial score (nSPS) is 10.5. The predicted octanol–water partition coefficient (Wildman–Crippen LogP) is 2.69. The number of aliphatic hydroxyl groups is 1. The van der Waals surface area contributed by atoms with Crippen molar-refractivity contribution in [1.29, 1.82) is 0 Å². The molecule has 0 aliphatic rings. The first-order valence-corrected chi connectivity index (χ1v) is 7.23. The Morgan fingerprint density at radius 2 is 1.77 bits per heavy atom. The van der Waals surface area contributed by atoms with Gasteiger partial charge in [0.25, 0.3) is 0 Å². The molecule has 0 bridgehead atoms. The maximum absolute atomic E-state index is 11.4. The fourth-order valence-corrected chi connectivity index (χ4v) is 2.29. The first-order valence-electron chi connectivity index (χ1n) is 7.23. The third kappa shape index (κ3) is 4.09. The second-order valence-electron chi connectivity index (χ2n) is 5.16. The van der Waals surface area contributed by atoms with E-state index in [9.17, 15) is 9.90 Å². The number of aliphatic hydroxyl groups excluding tert-OH is 1. The fourth-order valence-electron chi connectivity index (χ4n) is 2.29. The number of esters is 1. The molecule has 4 heteroatoms. The van der Waals surface area contributed by atoms with E-state index in [1.165, 1.54) is 18.7 Å². The molecule has 0 saturated heterocycles. The Morgan fingerprint density at radius 3 is 2.36 bits per heavy atom. The van der Waals surface area contributed by atoms with Crippen molar-refractivity contribution < 1.29 is 19.7 Å². The quantitative estimate of drug-likeness (QED) is 0.805. The van der Waals surface area contributed by atoms with Crippen LogP contribution in [0.25, 0.3) is 0 Å². The van der Waals surface area contributed by atoms with Crippen molar-refractivity contribution in [3.8, 4) is 5.75 Å². The van der Waals surface area contributed by atoms with Crippen LogP contribution in [0, 0.1) is 0 Å². The fraction of sp³-hybridized carbons (Fsp3) is 0.278. The zero-order chi connectivity index (χ0) is 15.9. The molecular formula is C18H20O4. The van der Waals surface area contributed by atoms with Crippen molar-refractivity contribution in [2.45, 2.75) is 19.3 Å². The SMILES string of the molecule is COC(=O)c1ccc(Cc2ccc(CCCO)cc2)c(O)c1. The summed E-state index contributed by atoms with van der Waals surface area (Å²) in [4.78, 5) is 11.4. The van der Waals surface area contributed by atoms with Gasteiger partial charge >= 0.3 is 5.97 Å². The molecule has 0 atom stereocenters. The van der Waals surface area contributed by atoms with E-state index < -0.39 is 5.97 Å². The summed E-state index contributed by atoms with van der Waals surface area (Å²) in [6, 6.07) is 12.9. The maximum atomic E-state index is 11.4. The second-order valence-corrected chi connectivity index (χ2v) is 5.16. The highest BCUT2D eigenvalue weighted by Gasteiger charge is 2.09. The summed E-state index contributed by atoms with van der Waals surface area (Å²) in [6.45, 7) is 0.197. The molecule has 0 unspecified atom stereocenters. The van der Waals surface area contributed by atoms with Crippen LogP contribution in [0.3, 0.4) is 0 Å². The van der Waals surface area contributed by atoms with E-state index in [0.29, 0.717) is 12.0 Å². The van der Waals surface area contributed by atoms with Crippen LogP contribution in [-0.4, -0.2) is 29.9 Å². The van der Waals surface area contributed by atoms with E-state index in [1.807, 2.05) is 24.3 Å². The Balaban J connectivity index is 2.08. The molecular weight excluding hydrogens is 280 g/mol. The van der Waals surface area contributed by atoms with Gasteiger partial charge in [0.1, 0.15) is 5.75 Å². The van der Waals surface area contributed by atoms with Gasteiger partial charge in [-0.15, -0.1) is 0 Å². The molecule has 0 amide bonds. The van der Waals surface area contributed by atoms with Crippen molar-refractivity contribution in [2.75, 3.05) is 13.7 Å². The third-order valence-corrected chi connectivity index (χ3v) is 3.55. The van der Waals surface area contributed by atoms with Crippen molar-refractivity contribution in [3.63, 3.8) is 0 Å². The Hall–Kier alpha value is -2.33. The van der Waals surface area contributed by atoms with Gasteiger partial charge in [0, 0.05) is 13.0 Å². The highest BCUT2D eigenvalue weighted by molar-refractivity contribution is 5.89. The molecule has 0 aliphatic carbocycles. The molecule has 0 spiro atoms. The first kappa shape index (κ1) is 16.0. The molecule has 2 aromatic carbocycles. The number of aromatic hydroxyl groups is 1. The van der Waals surface area contributed by atoms with Gasteiger partial charge in [-0.2, -0.15) is 0 Å². The summed E-state index contributed by atoms with van der Waals surface area (Å²) < 4.78 is 4.63. The average molecular weight is 300 g/mol. The highest BCUT2D eigenvalue weighted by Crippen LogP contribution is 2.22. The smallest absolute Gasteiger partial charge is 0.337 e. The van der Waals surface area contributed by atoms with Crippen LogP contribution < -0.4 is 0 Å². The standard InChI is InChI=1S/C18H20O4/c1-22-18(21)16-9-8-15(17(20)12-16)11-14-6-4-13(5-7-14)3-2-10-19/h4-9,12,19-20H,2-3,10-11H2,1H3. The minimum Gasteiger partial charge on any atom is -0.508 e. The number of carbonyl (C=O) groups excluding carboxylic acids is 1. The van der Waals surface area contributed by atoms with Crippen LogP contribution in [0.15, 0.2) is 42.5 Å². The lowest BCUT2D eigenvalue weighted by molar-refractivity contribution is 0.0600. The van der Waals surface area contributed by atoms with Crippen LogP contribution in [0.5, 0.6) is 5.75 Å². The van der Waals surface area contributed by atoms with E-state index in [0.717, 1.165) is 24.0 Å². The number of aryl methyl sites for hydroxylation is 1. The molecule has 2 N–H and O–H groups in total. The highest BCUT2D eigenvalue weighted by atomic mass is 16.5. The summed E-state index contributed by atoms with van der Waals surface area (Å²) in [5.74, 6) is -0.373. The molecule has 2 aromatic rings. The van der Waals surface area contributed by atoms with Crippen molar-refractivity contribution in [3.05, 3.63) is 64.7 Å². The van der Waals surface area contributed by atoms with Gasteiger partial charge in [-0.1, -0.05) is 30.3 Å². The molecule has 0 aliphatic heterocycles. The van der Waals surface area contributed by atoms with E-state index in [1.54, 1.807) is 12.1 Å². The van der Waals surface area contributed by atoms with Gasteiger partial charge < -0.3 is 14.9 Å². The number of benzene rings is 2. The number of hydrogen-bond acceptors (Lipinski definition) is 4. The van der Waals surface area contributed by atoms with E-state index >= 15 is 0 Å². The van der Waals surface area contributed by atoms with Crippen LogP contribution >= 0.6 is 0 Å². The average Bonchev–Trinajstić information content (AvgIpc) is 2.55. The number of rotatable bonds is 6. The molecule has 4 nitrogen and oxygen atoms in total. The van der Waals surface area contributed by atoms with Gasteiger partial charge in [0.15, 0.2) is 0 Å². The lowest BCUT2D eigenvalue weighted by Gasteiger charge is -2.08. The second kappa shape index (κ2) is 7.61. The minimum atomic E-state index is -0.463. The number of hydrogen-bond donors (Lipinski definition) is 2. The maximum Gasteiger partial charge on any atom is 0.337 e. The van der Waals surface area contributed by atoms with E-state index in [4.69, 9.17) is 5.11 Å². The Kier molecular flexibility index (Phi) is 5.55. The van der Waals surface area contributed by atoms with Gasteiger partial charge in [-0.05, 0) is 41.7 Å². The molecule has 0 aromatic heterocycles. The Morgan fingerprint density at radius 1 is 1.09 bits per heavy atom. The number of phenols is 1. The van der Waals surface area contributed by atoms with Crippen LogP contribution in [-0.2, 0) is 17.6 Å². The molecule has 22 heavy (non-hydrogen) atoms. The number of carbonyl (C=O) groups is 1. The molecule has 116 valence electrons. The largest absolute Gasteiger partial charge is 0.508 e. The zero-order valence-electron chi connectivity index (χ0n) is 12.6. The lowest BCUT2D eigenvalue weighted by atomic mass is 10.0. The van der Waals surface area contributed by atoms with E-state index in [-0.39, 0.29) is 12.4 Å². The van der Waals surface area contributed by atoms with Gasteiger partial charge in [-0.25, -0.2) is 4.79 Å². The Bertz CT molecular complexity index is 632. The number of ether oxygens (including phenoxy) is 1. The molecule has 0 radical (unpaired) electrons. The van der Waals surface area contributed by atoms with Crippen LogP contribution in [0.2, 0.25) is 0 Å². The molecule has 0 saturated carbocycles. The van der Waals surface area contributed by atoms with Gasteiger partial charge in [0.05, 0.1) is 12.7 Å². The third-order valence-electron chi connectivity index (χ3n) is 3.55. The summed E-state index contributed by atoms with van der Waals surface area (Å²) in [5.41, 5.74) is 3.36. The summed E-state index contributed by atoms with van der Waals surface area (Å²) >= 11 is 0. The number of phenolic OH excluding ortho intramolecular Hbond substituents is 1. The summed E-state index contributed by atoms with van der Waals surface area (Å²) in [6.07, 6.45) is 2.21. The molecule has 2 rings (SSSR count). The lowest BCUT2D eigenvalue weighted by Crippen LogP contribution is -2.01. The van der Waals surface area contributed by atoms with Crippen molar-refractivity contribution >= 4 is 5.97 Å². The summed E-state index contributed by atoms with van der Waals surface area (Å²) in [7, 11) is 1.31. The topological polar surface area (TPSA) is 66.8 Å². The molecule has 0 heterocycles. The first-order chi connectivity index (χ1) is 10.6. The number of methoxy groups -OCH3 is 1. The van der Waals surface area contributed by atoms with Crippen molar-refractivity contribution in [2.24, 2.45) is 0 Å². The monoisotopic (exact) mass is 300 g/mol.